The molecule has 0 radical (unpaired) electrons. The van der Waals surface area contributed by atoms with Crippen molar-refractivity contribution in [2.75, 3.05) is 41.5 Å². The van der Waals surface area contributed by atoms with Gasteiger partial charge < -0.3 is 10.6 Å². The summed E-state index contributed by atoms with van der Waals surface area (Å²) < 4.78 is 50.4. The van der Waals surface area contributed by atoms with Crippen molar-refractivity contribution in [2.45, 2.75) is 11.3 Å². The first kappa shape index (κ1) is 14.5. The van der Waals surface area contributed by atoms with Crippen LogP contribution in [0.25, 0.3) is 0 Å². The molecule has 0 atom stereocenters. The summed E-state index contributed by atoms with van der Waals surface area (Å²) in [5.41, 5.74) is 5.60. The van der Waals surface area contributed by atoms with Gasteiger partial charge in [0.05, 0.1) is 11.5 Å². The summed E-state index contributed by atoms with van der Waals surface area (Å²) >= 11 is 0.996. The third-order valence-electron chi connectivity index (χ3n) is 2.87. The number of anilines is 2. The Morgan fingerprint density at radius 3 is 2.63 bits per heavy atom. The number of nitrogens with zero attached hydrogens (tertiary/aromatic N) is 2. The molecule has 0 saturated carbocycles. The summed E-state index contributed by atoms with van der Waals surface area (Å²) in [5.74, 6) is 0.134. The monoisotopic (exact) mass is 325 g/mol. The average Bonchev–Trinajstić information content (AvgIpc) is 2.55. The maximum atomic E-state index is 11.7. The van der Waals surface area contributed by atoms with Crippen LogP contribution in [0.2, 0.25) is 0 Å². The zero-order chi connectivity index (χ0) is 14.3. The number of rotatable bonds is 2. The van der Waals surface area contributed by atoms with Gasteiger partial charge in [0.25, 0.3) is 0 Å². The van der Waals surface area contributed by atoms with Gasteiger partial charge in [0.1, 0.15) is 9.90 Å². The first-order chi connectivity index (χ1) is 8.71. The van der Waals surface area contributed by atoms with Gasteiger partial charge in [0.15, 0.2) is 25.5 Å². The van der Waals surface area contributed by atoms with E-state index in [2.05, 4.69) is 4.37 Å². The van der Waals surface area contributed by atoms with Gasteiger partial charge in [-0.25, -0.2) is 16.8 Å². The molecule has 108 valence electrons. The molecule has 2 N–H and O–H groups in total. The predicted molar refractivity (Wildman–Crippen MR) is 75.1 cm³/mol. The van der Waals surface area contributed by atoms with Crippen molar-refractivity contribution < 1.29 is 16.8 Å². The Kier molecular flexibility index (Phi) is 3.76. The largest absolute Gasteiger partial charge is 0.382 e. The van der Waals surface area contributed by atoms with Gasteiger partial charge in [-0.3, -0.25) is 0 Å². The molecule has 0 bridgehead atoms. The van der Waals surface area contributed by atoms with Crippen LogP contribution in [0.3, 0.4) is 0 Å². The highest BCUT2D eigenvalue weighted by atomic mass is 32.2. The third kappa shape index (κ3) is 3.18. The number of hydrogen-bond donors (Lipinski definition) is 1. The molecule has 0 aromatic carbocycles. The molecule has 19 heavy (non-hydrogen) atoms. The van der Waals surface area contributed by atoms with Crippen LogP contribution in [0, 0.1) is 0 Å². The van der Waals surface area contributed by atoms with Gasteiger partial charge in [0, 0.05) is 19.3 Å². The molecular formula is C9H15N3O4S3. The van der Waals surface area contributed by atoms with Crippen LogP contribution < -0.4 is 10.6 Å². The van der Waals surface area contributed by atoms with Crippen LogP contribution in [0.4, 0.5) is 10.8 Å². The molecule has 1 saturated heterocycles. The molecule has 1 fully saturated rings. The van der Waals surface area contributed by atoms with Gasteiger partial charge in [-0.15, -0.1) is 0 Å². The van der Waals surface area contributed by atoms with Gasteiger partial charge >= 0.3 is 0 Å². The Hall–Kier alpha value is -0.870. The van der Waals surface area contributed by atoms with Gasteiger partial charge in [-0.2, -0.15) is 4.37 Å². The lowest BCUT2D eigenvalue weighted by Gasteiger charge is -2.20. The van der Waals surface area contributed by atoms with E-state index in [1.807, 2.05) is 0 Å². The molecule has 1 aromatic rings. The predicted octanol–water partition coefficient (Wildman–Crippen LogP) is -0.246. The number of hydrogen-bond acceptors (Lipinski definition) is 8. The molecule has 2 rings (SSSR count). The van der Waals surface area contributed by atoms with E-state index in [0.717, 1.165) is 17.8 Å². The Morgan fingerprint density at radius 1 is 1.32 bits per heavy atom. The second-order valence-electron chi connectivity index (χ2n) is 4.47. The maximum Gasteiger partial charge on any atom is 0.182 e. The molecule has 7 nitrogen and oxygen atoms in total. The summed E-state index contributed by atoms with van der Waals surface area (Å²) in [4.78, 5) is 1.76. The lowest BCUT2D eigenvalue weighted by Crippen LogP contribution is -2.27. The first-order valence-electron chi connectivity index (χ1n) is 5.61. The quantitative estimate of drug-likeness (QED) is 0.798. The van der Waals surface area contributed by atoms with Crippen molar-refractivity contribution in [3.05, 3.63) is 0 Å². The lowest BCUT2D eigenvalue weighted by atomic mass is 10.4. The molecular weight excluding hydrogens is 310 g/mol. The van der Waals surface area contributed by atoms with Gasteiger partial charge in [-0.1, -0.05) is 0 Å². The van der Waals surface area contributed by atoms with Crippen LogP contribution in [-0.2, 0) is 19.7 Å². The summed E-state index contributed by atoms with van der Waals surface area (Å²) in [7, 11) is -6.52. The van der Waals surface area contributed by atoms with E-state index in [1.54, 1.807) is 4.90 Å². The highest BCUT2D eigenvalue weighted by molar-refractivity contribution is 7.91. The Labute approximate surface area is 116 Å². The number of nitrogen functional groups attached to an aromatic ring is 1. The Morgan fingerprint density at radius 2 is 2.00 bits per heavy atom. The van der Waals surface area contributed by atoms with Crippen molar-refractivity contribution in [3.63, 3.8) is 0 Å². The van der Waals surface area contributed by atoms with Crippen molar-refractivity contribution >= 4 is 42.0 Å². The zero-order valence-electron chi connectivity index (χ0n) is 10.4. The van der Waals surface area contributed by atoms with Crippen LogP contribution in [-0.4, -0.2) is 52.1 Å². The summed E-state index contributed by atoms with van der Waals surface area (Å²) in [6, 6.07) is 0. The summed E-state index contributed by atoms with van der Waals surface area (Å²) in [6.45, 7) is 0.760. The van der Waals surface area contributed by atoms with Gasteiger partial charge in [-0.05, 0) is 18.0 Å². The minimum absolute atomic E-state index is 0.0109. The number of sulfone groups is 2. The zero-order valence-corrected chi connectivity index (χ0v) is 12.8. The van der Waals surface area contributed by atoms with E-state index < -0.39 is 19.7 Å². The van der Waals surface area contributed by atoms with Crippen molar-refractivity contribution in [3.8, 4) is 0 Å². The first-order valence-corrected chi connectivity index (χ1v) is 10.1. The average molecular weight is 325 g/mol. The van der Waals surface area contributed by atoms with Crippen molar-refractivity contribution in [2.24, 2.45) is 0 Å². The van der Waals surface area contributed by atoms with Crippen LogP contribution in [0.1, 0.15) is 6.42 Å². The molecule has 2 heterocycles. The lowest BCUT2D eigenvalue weighted by molar-refractivity contribution is 0.596. The smallest absolute Gasteiger partial charge is 0.182 e. The fourth-order valence-corrected chi connectivity index (χ4v) is 5.51. The summed E-state index contributed by atoms with van der Waals surface area (Å²) in [5, 5.41) is 0.442. The van der Waals surface area contributed by atoms with Crippen molar-refractivity contribution in [1.82, 2.24) is 4.37 Å². The van der Waals surface area contributed by atoms with E-state index in [-0.39, 0.29) is 28.8 Å². The normalized spacial score (nSPS) is 20.2. The molecule has 0 amide bonds. The third-order valence-corrected chi connectivity index (χ3v) is 6.78. The van der Waals surface area contributed by atoms with E-state index in [1.165, 1.54) is 0 Å². The Balaban J connectivity index is 2.38. The van der Waals surface area contributed by atoms with E-state index in [9.17, 15) is 16.8 Å². The van der Waals surface area contributed by atoms with Crippen LogP contribution in [0.15, 0.2) is 4.90 Å². The Bertz CT molecular complexity index is 678. The minimum atomic E-state index is -3.48. The molecule has 1 aliphatic rings. The SMILES string of the molecule is CS(=O)(=O)c1c(N)nsc1N1CCCS(=O)(=O)CC1. The van der Waals surface area contributed by atoms with E-state index in [4.69, 9.17) is 5.73 Å². The molecule has 1 aromatic heterocycles. The number of nitrogens with two attached hydrogens (primary N) is 1. The molecule has 0 unspecified atom stereocenters. The molecule has 1 aliphatic heterocycles. The molecule has 0 spiro atoms. The van der Waals surface area contributed by atoms with E-state index >= 15 is 0 Å². The fraction of sp³-hybridized carbons (Fsp3) is 0.667. The second kappa shape index (κ2) is 4.91. The van der Waals surface area contributed by atoms with Gasteiger partial charge in [0.2, 0.25) is 0 Å². The summed E-state index contributed by atoms with van der Waals surface area (Å²) in [6.07, 6.45) is 1.55. The minimum Gasteiger partial charge on any atom is -0.382 e. The number of aromatic nitrogens is 1. The highest BCUT2D eigenvalue weighted by Crippen LogP contribution is 2.35. The van der Waals surface area contributed by atoms with Crippen molar-refractivity contribution in [1.29, 1.82) is 0 Å². The van der Waals surface area contributed by atoms with Crippen LogP contribution >= 0.6 is 11.5 Å². The maximum absolute atomic E-state index is 11.7. The molecule has 0 aliphatic carbocycles. The highest BCUT2D eigenvalue weighted by Gasteiger charge is 2.27. The standard InChI is InChI=1S/C9H15N3O4S3/c1-18(13,14)7-8(10)11-17-9(7)12-3-2-5-19(15,16)6-4-12/h2-6H2,1H3,(H2,10,11). The van der Waals surface area contributed by atoms with Crippen LogP contribution in [0.5, 0.6) is 0 Å². The molecule has 10 heteroatoms. The topological polar surface area (TPSA) is 110 Å². The van der Waals surface area contributed by atoms with E-state index in [0.29, 0.717) is 18.0 Å². The fourth-order valence-electron chi connectivity index (χ4n) is 1.98. The second-order valence-corrected chi connectivity index (χ2v) is 9.47.